The molecule has 0 saturated heterocycles. The zero-order chi connectivity index (χ0) is 45.7. The van der Waals surface area contributed by atoms with Gasteiger partial charge in [0.15, 0.2) is 11.0 Å². The summed E-state index contributed by atoms with van der Waals surface area (Å²) in [4.78, 5) is 40.8. The van der Waals surface area contributed by atoms with Crippen LogP contribution in [0.3, 0.4) is 0 Å². The zero-order valence-electron chi connectivity index (χ0n) is 35.8. The molecule has 0 heterocycles. The average molecular weight is 915 g/mol. The zero-order valence-corrected chi connectivity index (χ0v) is 37.3. The Morgan fingerprint density at radius 1 is 0.500 bits per heavy atom. The number of amides is 3. The lowest BCUT2D eigenvalue weighted by molar-refractivity contribution is -0.202. The Hall–Kier alpha value is -5.19. The van der Waals surface area contributed by atoms with E-state index in [1.54, 1.807) is 7.05 Å². The van der Waals surface area contributed by atoms with E-state index >= 15 is 0 Å². The number of hydrogen-bond donors (Lipinski definition) is 3. The van der Waals surface area contributed by atoms with E-state index in [-0.39, 0.29) is 39.6 Å². The van der Waals surface area contributed by atoms with Crippen molar-refractivity contribution in [2.45, 2.75) is 74.5 Å². The van der Waals surface area contributed by atoms with Gasteiger partial charge < -0.3 is 45.8 Å². The molecule has 15 heteroatoms. The maximum atomic E-state index is 14.2. The van der Waals surface area contributed by atoms with Crippen LogP contribution in [-0.4, -0.2) is 95.7 Å². The second-order valence-electron chi connectivity index (χ2n) is 15.2. The molecule has 0 aliphatic heterocycles. The maximum Gasteiger partial charge on any atom is 0.250 e. The Labute approximate surface area is 385 Å². The predicted octanol–water partition coefficient (Wildman–Crippen LogP) is 5.73. The summed E-state index contributed by atoms with van der Waals surface area (Å²) in [5, 5.41) is 0. The smallest absolute Gasteiger partial charge is 0.250 e. The van der Waals surface area contributed by atoms with Gasteiger partial charge in [-0.2, -0.15) is 0 Å². The van der Waals surface area contributed by atoms with Gasteiger partial charge in [-0.15, -0.1) is 0 Å². The molecule has 0 bridgehead atoms. The first-order chi connectivity index (χ1) is 31.0. The van der Waals surface area contributed by atoms with Gasteiger partial charge in [-0.3, -0.25) is 19.3 Å². The van der Waals surface area contributed by atoms with Crippen molar-refractivity contribution < 1.29 is 38.1 Å². The summed E-state index contributed by atoms with van der Waals surface area (Å²) in [6.45, 7) is 0.619. The van der Waals surface area contributed by atoms with Crippen LogP contribution in [0.2, 0.25) is 0 Å². The highest BCUT2D eigenvalue weighted by molar-refractivity contribution is 6.33. The van der Waals surface area contributed by atoms with E-state index in [0.717, 1.165) is 32.7 Å². The minimum Gasteiger partial charge on any atom is -0.374 e. The van der Waals surface area contributed by atoms with Crippen LogP contribution in [0, 0.1) is 0 Å². The third-order valence-corrected chi connectivity index (χ3v) is 11.2. The van der Waals surface area contributed by atoms with Crippen molar-refractivity contribution in [2.75, 3.05) is 26.7 Å². The summed E-state index contributed by atoms with van der Waals surface area (Å²) < 4.78 is 33.9. The number of hydrogen-bond acceptors (Lipinski definition) is 10. The summed E-state index contributed by atoms with van der Waals surface area (Å²) in [7, 11) is 1.56. The van der Waals surface area contributed by atoms with Crippen LogP contribution >= 0.6 is 23.2 Å². The Morgan fingerprint density at radius 3 is 1.20 bits per heavy atom. The Morgan fingerprint density at radius 2 is 0.828 bits per heavy atom. The number of likely N-dealkylation sites (N-methyl/N-ethyl adjacent to an activating group) is 1. The fourth-order valence-electron chi connectivity index (χ4n) is 6.85. The van der Waals surface area contributed by atoms with E-state index in [4.69, 9.17) is 64.1 Å². The van der Waals surface area contributed by atoms with Crippen molar-refractivity contribution >= 4 is 40.9 Å². The molecule has 5 aromatic carbocycles. The van der Waals surface area contributed by atoms with Crippen molar-refractivity contribution in [3.63, 3.8) is 0 Å². The van der Waals surface area contributed by atoms with Gasteiger partial charge in [-0.1, -0.05) is 175 Å². The number of carbonyl (C=O) groups excluding carboxylic acids is 3. The number of alkyl halides is 2. The van der Waals surface area contributed by atoms with Crippen molar-refractivity contribution in [3.05, 3.63) is 179 Å². The van der Waals surface area contributed by atoms with Crippen LogP contribution in [0.15, 0.2) is 152 Å². The quantitative estimate of drug-likeness (QED) is 0.0414. The number of halogens is 2. The summed E-state index contributed by atoms with van der Waals surface area (Å²) in [5.74, 6) is -2.60. The summed E-state index contributed by atoms with van der Waals surface area (Å²) >= 11 is 12.5. The monoisotopic (exact) mass is 913 g/mol. The number of nitrogens with zero attached hydrogens (tertiary/aromatic N) is 2. The normalized spacial score (nSPS) is 14.8. The van der Waals surface area contributed by atoms with Gasteiger partial charge in [0.25, 0.3) is 0 Å². The molecule has 64 heavy (non-hydrogen) atoms. The van der Waals surface area contributed by atoms with E-state index in [0.29, 0.717) is 6.61 Å². The molecule has 7 atom stereocenters. The fraction of sp³-hybridized carbons (Fsp3) is 0.327. The molecular weight excluding hydrogens is 857 g/mol. The summed E-state index contributed by atoms with van der Waals surface area (Å²) in [6, 6.07) is 47.3. The number of carbonyl (C=O) groups is 3. The lowest BCUT2D eigenvalue weighted by Crippen LogP contribution is -2.58. The van der Waals surface area contributed by atoms with E-state index in [9.17, 15) is 14.4 Å². The minimum absolute atomic E-state index is 0.0689. The molecule has 0 radical (unpaired) electrons. The standard InChI is InChI=1S/C49H57Cl2N5O8/c1-55(49(59)40(52)27-56(45(50)47(53)57)46(51)48(54)58)28-41(61-30-36-19-9-3-10-20-36)43(63-32-38-23-13-5-14-24-38)44(64-33-39-25-15-6-16-26-39)42(62-31-37-21-11-4-12-22-37)34-60-29-35-17-7-2-8-18-35/h2-26,40-46H,27-34,52H2,1H3,(H2,53,57)(H2,54,58)/t40?,41-,42+,43+,44+,45?,46?/m0/s1. The number of primary amides is 2. The van der Waals surface area contributed by atoms with Crippen LogP contribution in [0.5, 0.6) is 0 Å². The van der Waals surface area contributed by atoms with Crippen molar-refractivity contribution in [2.24, 2.45) is 17.2 Å². The lowest BCUT2D eigenvalue weighted by Gasteiger charge is -2.39. The first-order valence-corrected chi connectivity index (χ1v) is 21.7. The molecule has 0 aliphatic carbocycles. The summed E-state index contributed by atoms with van der Waals surface area (Å²) in [6.07, 6.45) is -3.41. The highest BCUT2D eigenvalue weighted by Gasteiger charge is 2.41. The molecular formula is C49H57Cl2N5O8. The SMILES string of the molecule is CN(C[C@H](OCc1ccccc1)[C@@H](OCc1ccccc1)[C@H](OCc1ccccc1)[C@@H](COCc1ccccc1)OCc1ccccc1)C(=O)C(N)CN(C(Cl)C(N)=O)C(Cl)C(N)=O. The average Bonchev–Trinajstić information content (AvgIpc) is 3.32. The van der Waals surface area contributed by atoms with E-state index in [1.165, 1.54) is 4.90 Å². The molecule has 5 rings (SSSR count). The number of nitrogens with two attached hydrogens (primary N) is 3. The van der Waals surface area contributed by atoms with E-state index in [2.05, 4.69) is 0 Å². The molecule has 340 valence electrons. The topological polar surface area (TPSA) is 182 Å². The molecule has 0 spiro atoms. The molecule has 13 nitrogen and oxygen atoms in total. The molecule has 6 N–H and O–H groups in total. The van der Waals surface area contributed by atoms with Crippen molar-refractivity contribution in [1.82, 2.24) is 9.80 Å². The lowest BCUT2D eigenvalue weighted by atomic mass is 10.0. The summed E-state index contributed by atoms with van der Waals surface area (Å²) in [5.41, 5.74) is 18.8. The van der Waals surface area contributed by atoms with Gasteiger partial charge in [-0.05, 0) is 27.8 Å². The van der Waals surface area contributed by atoms with Gasteiger partial charge in [0, 0.05) is 20.1 Å². The maximum absolute atomic E-state index is 14.2. The highest BCUT2D eigenvalue weighted by atomic mass is 35.5. The van der Waals surface area contributed by atoms with Crippen LogP contribution in [-0.2, 0) is 71.1 Å². The van der Waals surface area contributed by atoms with E-state index < -0.39 is 65.7 Å². The molecule has 3 amide bonds. The van der Waals surface area contributed by atoms with Crippen LogP contribution in [0.4, 0.5) is 0 Å². The molecule has 0 aromatic heterocycles. The molecule has 0 saturated carbocycles. The van der Waals surface area contributed by atoms with Crippen LogP contribution in [0.25, 0.3) is 0 Å². The first-order valence-electron chi connectivity index (χ1n) is 20.9. The second-order valence-corrected chi connectivity index (χ2v) is 16.0. The molecule has 5 aromatic rings. The number of rotatable bonds is 28. The Kier molecular flexibility index (Phi) is 20.7. The first kappa shape index (κ1) is 49.8. The van der Waals surface area contributed by atoms with Crippen LogP contribution < -0.4 is 17.2 Å². The Bertz CT molecular complexity index is 2100. The highest BCUT2D eigenvalue weighted by Crippen LogP contribution is 2.25. The molecule has 0 fully saturated rings. The second kappa shape index (κ2) is 26.6. The number of benzene rings is 5. The fourth-order valence-corrected chi connectivity index (χ4v) is 7.29. The van der Waals surface area contributed by atoms with Crippen LogP contribution in [0.1, 0.15) is 27.8 Å². The van der Waals surface area contributed by atoms with Crippen molar-refractivity contribution in [3.8, 4) is 0 Å². The molecule has 0 aliphatic rings. The van der Waals surface area contributed by atoms with Gasteiger partial charge in [0.05, 0.1) is 45.7 Å². The van der Waals surface area contributed by atoms with Crippen molar-refractivity contribution in [1.29, 1.82) is 0 Å². The van der Waals surface area contributed by atoms with Gasteiger partial charge >= 0.3 is 0 Å². The number of ether oxygens (including phenoxy) is 5. The predicted molar refractivity (Wildman–Crippen MR) is 246 cm³/mol. The largest absolute Gasteiger partial charge is 0.374 e. The van der Waals surface area contributed by atoms with Gasteiger partial charge in [0.2, 0.25) is 17.7 Å². The van der Waals surface area contributed by atoms with Gasteiger partial charge in [0.1, 0.15) is 24.4 Å². The third kappa shape index (κ3) is 16.1. The van der Waals surface area contributed by atoms with Gasteiger partial charge in [-0.25, -0.2) is 0 Å². The minimum atomic E-state index is -1.59. The molecule has 3 unspecified atom stereocenters. The van der Waals surface area contributed by atoms with E-state index in [1.807, 2.05) is 152 Å². The Balaban J connectivity index is 1.55. The third-order valence-electron chi connectivity index (χ3n) is 10.2.